The summed E-state index contributed by atoms with van der Waals surface area (Å²) in [4.78, 5) is 0. The molecule has 0 heteroatoms. The highest BCUT2D eigenvalue weighted by Gasteiger charge is 2.16. The Morgan fingerprint density at radius 2 is 1.86 bits per heavy atom. The van der Waals surface area contributed by atoms with E-state index in [4.69, 9.17) is 0 Å². The molecule has 1 aliphatic rings. The van der Waals surface area contributed by atoms with Crippen molar-refractivity contribution in [2.45, 2.75) is 32.6 Å². The zero-order valence-electron chi connectivity index (χ0n) is 8.79. The smallest absolute Gasteiger partial charge is 0.0273 e. The molecule has 0 aliphatic heterocycles. The molecule has 2 rings (SSSR count). The van der Waals surface area contributed by atoms with E-state index in [1.807, 2.05) is 0 Å². The molecule has 0 saturated heterocycles. The third kappa shape index (κ3) is 1.89. The van der Waals surface area contributed by atoms with Crippen molar-refractivity contribution in [3.63, 3.8) is 0 Å². The summed E-state index contributed by atoms with van der Waals surface area (Å²) in [5.41, 5.74) is 2.84. The molecule has 1 aromatic rings. The molecule has 0 nitrogen and oxygen atoms in total. The zero-order chi connectivity index (χ0) is 9.80. The highest BCUT2D eigenvalue weighted by molar-refractivity contribution is 5.68. The summed E-state index contributed by atoms with van der Waals surface area (Å²) in [5.74, 6) is 1.52. The van der Waals surface area contributed by atoms with Gasteiger partial charge in [-0.05, 0) is 17.5 Å². The van der Waals surface area contributed by atoms with Crippen molar-refractivity contribution in [2.24, 2.45) is 0 Å². The monoisotopic (exact) mass is 185 g/mol. The minimum absolute atomic E-state index is 1.24. The van der Waals surface area contributed by atoms with E-state index in [0.717, 1.165) is 0 Å². The molecule has 0 N–H and O–H groups in total. The summed E-state index contributed by atoms with van der Waals surface area (Å²) in [5, 5.41) is 0. The molecule has 0 bridgehead atoms. The Bertz CT molecular complexity index is 323. The Balaban J connectivity index is 2.00. The lowest BCUT2D eigenvalue weighted by Gasteiger charge is -2.09. The van der Waals surface area contributed by atoms with Gasteiger partial charge in [0.2, 0.25) is 0 Å². The van der Waals surface area contributed by atoms with Crippen molar-refractivity contribution in [1.82, 2.24) is 0 Å². The van der Waals surface area contributed by atoms with Gasteiger partial charge in [-0.15, -0.1) is 0 Å². The van der Waals surface area contributed by atoms with Gasteiger partial charge >= 0.3 is 0 Å². The maximum Gasteiger partial charge on any atom is 0.0273 e. The molecular weight excluding hydrogens is 168 g/mol. The van der Waals surface area contributed by atoms with Crippen LogP contribution < -0.4 is 0 Å². The molecule has 0 unspecified atom stereocenters. The number of unbranched alkanes of at least 4 members (excludes halogenated alkanes) is 2. The molecule has 1 aromatic carbocycles. The lowest BCUT2D eigenvalue weighted by Crippen LogP contribution is -1.93. The van der Waals surface area contributed by atoms with E-state index in [2.05, 4.69) is 43.3 Å². The van der Waals surface area contributed by atoms with Gasteiger partial charge in [-0.1, -0.05) is 62.6 Å². The highest BCUT2D eigenvalue weighted by Crippen LogP contribution is 2.32. The Hall–Kier alpha value is -1.04. The van der Waals surface area contributed by atoms with Crippen LogP contribution in [0, 0.1) is 5.92 Å². The summed E-state index contributed by atoms with van der Waals surface area (Å²) in [6.07, 6.45) is 9.72. The number of benzene rings is 1. The van der Waals surface area contributed by atoms with Gasteiger partial charge in [0.25, 0.3) is 0 Å². The second-order valence-corrected chi connectivity index (χ2v) is 3.90. The Kier molecular flexibility index (Phi) is 3.03. The van der Waals surface area contributed by atoms with Crippen LogP contribution in [0.3, 0.4) is 0 Å². The summed E-state index contributed by atoms with van der Waals surface area (Å²) < 4.78 is 0. The maximum atomic E-state index is 2.28. The minimum Gasteiger partial charge on any atom is -0.0721 e. The molecular formula is C14H17. The molecule has 0 heterocycles. The van der Waals surface area contributed by atoms with Crippen LogP contribution in [0.2, 0.25) is 0 Å². The molecule has 0 aromatic heterocycles. The van der Waals surface area contributed by atoms with Gasteiger partial charge in [0, 0.05) is 5.92 Å². The Morgan fingerprint density at radius 3 is 2.71 bits per heavy atom. The van der Waals surface area contributed by atoms with Gasteiger partial charge < -0.3 is 0 Å². The van der Waals surface area contributed by atoms with Crippen molar-refractivity contribution in [2.75, 3.05) is 0 Å². The number of hydrogen-bond acceptors (Lipinski definition) is 0. The lowest BCUT2D eigenvalue weighted by molar-refractivity contribution is 0.698. The fraction of sp³-hybridized carbons (Fsp3) is 0.357. The van der Waals surface area contributed by atoms with Gasteiger partial charge in [0.15, 0.2) is 0 Å². The first-order valence-electron chi connectivity index (χ1n) is 5.55. The second kappa shape index (κ2) is 4.45. The van der Waals surface area contributed by atoms with E-state index >= 15 is 0 Å². The van der Waals surface area contributed by atoms with Gasteiger partial charge in [0.1, 0.15) is 0 Å². The summed E-state index contributed by atoms with van der Waals surface area (Å²) in [7, 11) is 0. The maximum absolute atomic E-state index is 2.28. The van der Waals surface area contributed by atoms with Crippen molar-refractivity contribution in [3.05, 3.63) is 47.4 Å². The van der Waals surface area contributed by atoms with E-state index in [1.54, 1.807) is 0 Å². The van der Waals surface area contributed by atoms with Crippen molar-refractivity contribution >= 4 is 6.08 Å². The Morgan fingerprint density at radius 1 is 1.00 bits per heavy atom. The van der Waals surface area contributed by atoms with E-state index in [1.165, 1.54) is 42.7 Å². The minimum atomic E-state index is 1.24. The largest absolute Gasteiger partial charge is 0.0721 e. The first-order chi connectivity index (χ1) is 6.92. The topological polar surface area (TPSA) is 0 Å². The average Bonchev–Trinajstić information content (AvgIpc) is 2.63. The third-order valence-electron chi connectivity index (χ3n) is 2.82. The molecule has 0 atom stereocenters. The van der Waals surface area contributed by atoms with E-state index in [9.17, 15) is 0 Å². The fourth-order valence-corrected chi connectivity index (χ4v) is 2.00. The Labute approximate surface area is 86.7 Å². The SMILES string of the molecule is CCCCC[C]1C=Cc2ccccc21. The average molecular weight is 185 g/mol. The second-order valence-electron chi connectivity index (χ2n) is 3.90. The zero-order valence-corrected chi connectivity index (χ0v) is 8.79. The molecule has 0 spiro atoms. The van der Waals surface area contributed by atoms with E-state index in [0.29, 0.717) is 0 Å². The van der Waals surface area contributed by atoms with Crippen LogP contribution in [-0.2, 0) is 0 Å². The molecule has 73 valence electrons. The quantitative estimate of drug-likeness (QED) is 0.616. The van der Waals surface area contributed by atoms with Gasteiger partial charge in [-0.2, -0.15) is 0 Å². The van der Waals surface area contributed by atoms with Crippen LogP contribution in [0.5, 0.6) is 0 Å². The van der Waals surface area contributed by atoms with Crippen LogP contribution in [0.4, 0.5) is 0 Å². The highest BCUT2D eigenvalue weighted by atomic mass is 14.2. The van der Waals surface area contributed by atoms with Crippen molar-refractivity contribution in [3.8, 4) is 0 Å². The third-order valence-corrected chi connectivity index (χ3v) is 2.82. The van der Waals surface area contributed by atoms with Crippen LogP contribution in [0.1, 0.15) is 43.7 Å². The van der Waals surface area contributed by atoms with Crippen LogP contribution >= 0.6 is 0 Å². The molecule has 0 amide bonds. The van der Waals surface area contributed by atoms with Crippen LogP contribution in [0.25, 0.3) is 6.08 Å². The van der Waals surface area contributed by atoms with Gasteiger partial charge in [-0.25, -0.2) is 0 Å². The number of hydrogen-bond donors (Lipinski definition) is 0. The predicted octanol–water partition coefficient (Wildman–Crippen LogP) is 4.22. The number of fused-ring (bicyclic) bond motifs is 1. The molecule has 1 radical (unpaired) electrons. The normalized spacial score (nSPS) is 14.6. The molecule has 1 aliphatic carbocycles. The van der Waals surface area contributed by atoms with E-state index < -0.39 is 0 Å². The number of allylic oxidation sites excluding steroid dienone is 1. The predicted molar refractivity (Wildman–Crippen MR) is 62.0 cm³/mol. The first kappa shape index (κ1) is 9.51. The summed E-state index contributed by atoms with van der Waals surface area (Å²) >= 11 is 0. The molecule has 14 heavy (non-hydrogen) atoms. The van der Waals surface area contributed by atoms with E-state index in [-0.39, 0.29) is 0 Å². The van der Waals surface area contributed by atoms with Crippen LogP contribution in [-0.4, -0.2) is 0 Å². The lowest BCUT2D eigenvalue weighted by atomic mass is 9.95. The van der Waals surface area contributed by atoms with Crippen molar-refractivity contribution < 1.29 is 0 Å². The standard InChI is InChI=1S/C14H17/c1-2-3-4-7-12-10-11-13-8-5-6-9-14(12)13/h5-6,8-11H,2-4,7H2,1H3. The summed E-state index contributed by atoms with van der Waals surface area (Å²) in [6.45, 7) is 2.25. The first-order valence-corrected chi connectivity index (χ1v) is 5.55. The van der Waals surface area contributed by atoms with Gasteiger partial charge in [-0.3, -0.25) is 0 Å². The fourth-order valence-electron chi connectivity index (χ4n) is 2.00. The van der Waals surface area contributed by atoms with Gasteiger partial charge in [0.05, 0.1) is 0 Å². The van der Waals surface area contributed by atoms with Crippen LogP contribution in [0.15, 0.2) is 30.3 Å². The number of rotatable bonds is 4. The molecule has 0 saturated carbocycles. The molecule has 0 fully saturated rings. The van der Waals surface area contributed by atoms with Crippen molar-refractivity contribution in [1.29, 1.82) is 0 Å². The summed E-state index contributed by atoms with van der Waals surface area (Å²) in [6, 6.07) is 8.67.